The van der Waals surface area contributed by atoms with Crippen molar-refractivity contribution < 1.29 is 9.53 Å². The fourth-order valence-corrected chi connectivity index (χ4v) is 2.45. The van der Waals surface area contributed by atoms with Crippen molar-refractivity contribution in [2.24, 2.45) is 0 Å². The molecule has 0 fully saturated rings. The first-order chi connectivity index (χ1) is 12.0. The van der Waals surface area contributed by atoms with Crippen LogP contribution in [-0.4, -0.2) is 32.7 Å². The van der Waals surface area contributed by atoms with Gasteiger partial charge in [-0.25, -0.2) is 0 Å². The SMILES string of the molecule is Cc1nnnn1-c1cccc(NC(=O)COc2cc(Cl)ccc2Cl)c1. The van der Waals surface area contributed by atoms with Gasteiger partial charge < -0.3 is 10.1 Å². The summed E-state index contributed by atoms with van der Waals surface area (Å²) >= 11 is 11.9. The van der Waals surface area contributed by atoms with E-state index in [-0.39, 0.29) is 12.5 Å². The zero-order valence-electron chi connectivity index (χ0n) is 13.1. The van der Waals surface area contributed by atoms with Crippen molar-refractivity contribution in [2.45, 2.75) is 6.92 Å². The van der Waals surface area contributed by atoms with Gasteiger partial charge in [0.1, 0.15) is 5.75 Å². The van der Waals surface area contributed by atoms with Gasteiger partial charge in [0, 0.05) is 16.8 Å². The molecule has 0 aliphatic heterocycles. The predicted molar refractivity (Wildman–Crippen MR) is 94.5 cm³/mol. The quantitative estimate of drug-likeness (QED) is 0.737. The molecule has 0 spiro atoms. The number of tetrazole rings is 1. The van der Waals surface area contributed by atoms with Crippen LogP contribution in [0.3, 0.4) is 0 Å². The highest BCUT2D eigenvalue weighted by Gasteiger charge is 2.09. The average molecular weight is 378 g/mol. The number of hydrogen-bond acceptors (Lipinski definition) is 5. The van der Waals surface area contributed by atoms with Crippen LogP contribution in [0.5, 0.6) is 5.75 Å². The van der Waals surface area contributed by atoms with Crippen molar-refractivity contribution in [2.75, 3.05) is 11.9 Å². The highest BCUT2D eigenvalue weighted by atomic mass is 35.5. The van der Waals surface area contributed by atoms with E-state index in [1.54, 1.807) is 48.0 Å². The van der Waals surface area contributed by atoms with E-state index < -0.39 is 0 Å². The van der Waals surface area contributed by atoms with Gasteiger partial charge in [-0.2, -0.15) is 4.68 Å². The van der Waals surface area contributed by atoms with Crippen molar-refractivity contribution in [3.8, 4) is 11.4 Å². The number of aromatic nitrogens is 4. The van der Waals surface area contributed by atoms with Gasteiger partial charge in [-0.1, -0.05) is 29.3 Å². The molecule has 1 heterocycles. The Hall–Kier alpha value is -2.64. The van der Waals surface area contributed by atoms with Crippen LogP contribution in [0.25, 0.3) is 5.69 Å². The van der Waals surface area contributed by atoms with Gasteiger partial charge in [0.25, 0.3) is 5.91 Å². The van der Waals surface area contributed by atoms with E-state index >= 15 is 0 Å². The van der Waals surface area contributed by atoms with Crippen LogP contribution in [-0.2, 0) is 4.79 Å². The normalized spacial score (nSPS) is 10.5. The molecule has 7 nitrogen and oxygen atoms in total. The third kappa shape index (κ3) is 4.26. The maximum absolute atomic E-state index is 12.1. The van der Waals surface area contributed by atoms with Crippen molar-refractivity contribution in [3.05, 3.63) is 58.3 Å². The summed E-state index contributed by atoms with van der Waals surface area (Å²) in [4.78, 5) is 12.1. The monoisotopic (exact) mass is 377 g/mol. The number of halogens is 2. The molecule has 128 valence electrons. The molecule has 3 rings (SSSR count). The second kappa shape index (κ2) is 7.50. The summed E-state index contributed by atoms with van der Waals surface area (Å²) in [6, 6.07) is 11.9. The van der Waals surface area contributed by atoms with Gasteiger partial charge in [-0.15, -0.1) is 5.10 Å². The minimum Gasteiger partial charge on any atom is -0.482 e. The number of ether oxygens (including phenoxy) is 1. The van der Waals surface area contributed by atoms with E-state index in [4.69, 9.17) is 27.9 Å². The molecular weight excluding hydrogens is 365 g/mol. The topological polar surface area (TPSA) is 81.9 Å². The Bertz CT molecular complexity index is 913. The number of carbonyl (C=O) groups is 1. The number of hydrogen-bond donors (Lipinski definition) is 1. The first-order valence-corrected chi connectivity index (χ1v) is 8.01. The molecular formula is C16H13Cl2N5O2. The number of amides is 1. The van der Waals surface area contributed by atoms with Crippen molar-refractivity contribution >= 4 is 34.8 Å². The van der Waals surface area contributed by atoms with Crippen molar-refractivity contribution in [1.82, 2.24) is 20.2 Å². The van der Waals surface area contributed by atoms with Crippen LogP contribution in [0.15, 0.2) is 42.5 Å². The number of anilines is 1. The smallest absolute Gasteiger partial charge is 0.262 e. The third-order valence-electron chi connectivity index (χ3n) is 3.25. The molecule has 0 bridgehead atoms. The molecule has 1 N–H and O–H groups in total. The van der Waals surface area contributed by atoms with E-state index in [1.165, 1.54) is 0 Å². The maximum Gasteiger partial charge on any atom is 0.262 e. The summed E-state index contributed by atoms with van der Waals surface area (Å²) in [5, 5.41) is 14.9. The first kappa shape index (κ1) is 17.2. The number of rotatable bonds is 5. The summed E-state index contributed by atoms with van der Waals surface area (Å²) in [5.41, 5.74) is 1.33. The van der Waals surface area contributed by atoms with Crippen LogP contribution in [0.4, 0.5) is 5.69 Å². The lowest BCUT2D eigenvalue weighted by Gasteiger charge is -2.10. The van der Waals surface area contributed by atoms with E-state index in [0.717, 1.165) is 5.69 Å². The molecule has 1 amide bonds. The molecule has 2 aromatic carbocycles. The Labute approximate surface area is 153 Å². The highest BCUT2D eigenvalue weighted by molar-refractivity contribution is 6.34. The summed E-state index contributed by atoms with van der Waals surface area (Å²) in [7, 11) is 0. The molecule has 0 aliphatic rings. The van der Waals surface area contributed by atoms with Crippen LogP contribution in [0.2, 0.25) is 10.0 Å². The van der Waals surface area contributed by atoms with Gasteiger partial charge in [0.05, 0.1) is 10.7 Å². The zero-order valence-corrected chi connectivity index (χ0v) is 14.6. The molecule has 1 aromatic heterocycles. The Morgan fingerprint density at radius 2 is 2.08 bits per heavy atom. The summed E-state index contributed by atoms with van der Waals surface area (Å²) in [6.45, 7) is 1.59. The number of benzene rings is 2. The van der Waals surface area contributed by atoms with E-state index in [9.17, 15) is 4.79 Å². The van der Waals surface area contributed by atoms with E-state index in [1.807, 2.05) is 6.07 Å². The number of carbonyl (C=O) groups excluding carboxylic acids is 1. The van der Waals surface area contributed by atoms with Gasteiger partial charge >= 0.3 is 0 Å². The molecule has 0 atom stereocenters. The number of aryl methyl sites for hydroxylation is 1. The van der Waals surface area contributed by atoms with Crippen LogP contribution >= 0.6 is 23.2 Å². The third-order valence-corrected chi connectivity index (χ3v) is 3.80. The largest absolute Gasteiger partial charge is 0.482 e. The fourth-order valence-electron chi connectivity index (χ4n) is 2.11. The Balaban J connectivity index is 1.65. The summed E-state index contributed by atoms with van der Waals surface area (Å²) in [5.74, 6) is 0.659. The Kier molecular flexibility index (Phi) is 5.16. The Morgan fingerprint density at radius 1 is 1.24 bits per heavy atom. The van der Waals surface area contributed by atoms with Crippen LogP contribution in [0.1, 0.15) is 5.82 Å². The van der Waals surface area contributed by atoms with Crippen LogP contribution in [0, 0.1) is 6.92 Å². The lowest BCUT2D eigenvalue weighted by molar-refractivity contribution is -0.118. The summed E-state index contributed by atoms with van der Waals surface area (Å²) < 4.78 is 6.97. The van der Waals surface area contributed by atoms with Gasteiger partial charge in [0.2, 0.25) is 0 Å². The van der Waals surface area contributed by atoms with Gasteiger partial charge in [0.15, 0.2) is 12.4 Å². The minimum absolute atomic E-state index is 0.200. The predicted octanol–water partition coefficient (Wildman–Crippen LogP) is 3.30. The maximum atomic E-state index is 12.1. The molecule has 3 aromatic rings. The lowest BCUT2D eigenvalue weighted by atomic mass is 10.2. The second-order valence-corrected chi connectivity index (χ2v) is 5.94. The zero-order chi connectivity index (χ0) is 17.8. The molecule has 9 heteroatoms. The standard InChI is InChI=1S/C16H13Cl2N5O2/c1-10-20-21-22-23(10)13-4-2-3-12(8-13)19-16(24)9-25-15-7-11(17)5-6-14(15)18/h2-8H,9H2,1H3,(H,19,24). The van der Waals surface area contributed by atoms with Crippen LogP contribution < -0.4 is 10.1 Å². The van der Waals surface area contributed by atoms with Gasteiger partial charge in [-0.3, -0.25) is 4.79 Å². The molecule has 25 heavy (non-hydrogen) atoms. The molecule has 0 aliphatic carbocycles. The second-order valence-electron chi connectivity index (χ2n) is 5.10. The van der Waals surface area contributed by atoms with E-state index in [0.29, 0.717) is 27.3 Å². The van der Waals surface area contributed by atoms with E-state index in [2.05, 4.69) is 20.8 Å². The number of nitrogens with zero attached hydrogens (tertiary/aromatic N) is 4. The molecule has 0 saturated carbocycles. The number of nitrogens with one attached hydrogen (secondary N) is 1. The molecule has 0 saturated heterocycles. The van der Waals surface area contributed by atoms with Crippen molar-refractivity contribution in [1.29, 1.82) is 0 Å². The average Bonchev–Trinajstić information content (AvgIpc) is 3.02. The highest BCUT2D eigenvalue weighted by Crippen LogP contribution is 2.27. The Morgan fingerprint density at radius 3 is 2.84 bits per heavy atom. The molecule has 0 unspecified atom stereocenters. The van der Waals surface area contributed by atoms with Crippen molar-refractivity contribution in [3.63, 3.8) is 0 Å². The lowest BCUT2D eigenvalue weighted by Crippen LogP contribution is -2.20. The summed E-state index contributed by atoms with van der Waals surface area (Å²) in [6.07, 6.45) is 0. The minimum atomic E-state index is -0.332. The first-order valence-electron chi connectivity index (χ1n) is 7.26. The fraction of sp³-hybridized carbons (Fsp3) is 0.125. The van der Waals surface area contributed by atoms with Gasteiger partial charge in [-0.05, 0) is 47.7 Å². The molecule has 0 radical (unpaired) electrons.